The van der Waals surface area contributed by atoms with E-state index in [1.165, 1.54) is 0 Å². The van der Waals surface area contributed by atoms with Crippen LogP contribution < -0.4 is 5.32 Å². The van der Waals surface area contributed by atoms with Crippen LogP contribution in [-0.4, -0.2) is 35.8 Å². The van der Waals surface area contributed by atoms with Crippen LogP contribution in [0.4, 0.5) is 4.79 Å². The van der Waals surface area contributed by atoms with Crippen LogP contribution in [0.1, 0.15) is 34.1 Å². The Labute approximate surface area is 97.4 Å². The number of carbonyl (C=O) groups is 2. The van der Waals surface area contributed by atoms with Crippen LogP contribution in [0.2, 0.25) is 0 Å². The summed E-state index contributed by atoms with van der Waals surface area (Å²) in [6, 6.07) is -0.376. The molecule has 1 saturated heterocycles. The molecule has 4 nitrogen and oxygen atoms in total. The number of hydrogen-bond acceptors (Lipinski definition) is 2. The normalized spacial score (nSPS) is 18.9. The molecule has 0 radical (unpaired) electrons. The van der Waals surface area contributed by atoms with Crippen molar-refractivity contribution in [2.75, 3.05) is 13.1 Å². The SMILES string of the molecule is CC(C)C(=O)[C@@H](C(C)C)N1CCCNC1=O. The van der Waals surface area contributed by atoms with Crippen molar-refractivity contribution < 1.29 is 9.59 Å². The molecule has 0 unspecified atom stereocenters. The lowest BCUT2D eigenvalue weighted by molar-refractivity contribution is -0.127. The van der Waals surface area contributed by atoms with Gasteiger partial charge in [-0.1, -0.05) is 27.7 Å². The van der Waals surface area contributed by atoms with Crippen LogP contribution in [0.25, 0.3) is 0 Å². The first-order valence-electron chi connectivity index (χ1n) is 6.03. The van der Waals surface area contributed by atoms with Gasteiger partial charge in [0, 0.05) is 19.0 Å². The number of amides is 2. The summed E-state index contributed by atoms with van der Waals surface area (Å²) in [4.78, 5) is 25.5. The Kier molecular flexibility index (Phi) is 4.33. The summed E-state index contributed by atoms with van der Waals surface area (Å²) in [6.45, 7) is 9.17. The Balaban J connectivity index is 2.84. The van der Waals surface area contributed by atoms with Crippen LogP contribution in [0.3, 0.4) is 0 Å². The van der Waals surface area contributed by atoms with Crippen molar-refractivity contribution in [3.05, 3.63) is 0 Å². The predicted octanol–water partition coefficient (Wildman–Crippen LogP) is 1.65. The van der Waals surface area contributed by atoms with Crippen molar-refractivity contribution in [2.24, 2.45) is 11.8 Å². The Morgan fingerprint density at radius 1 is 1.31 bits per heavy atom. The van der Waals surface area contributed by atoms with Gasteiger partial charge in [0.05, 0.1) is 6.04 Å². The Morgan fingerprint density at radius 3 is 2.38 bits per heavy atom. The third-order valence-electron chi connectivity index (χ3n) is 2.94. The fourth-order valence-corrected chi connectivity index (χ4v) is 2.10. The molecular formula is C12H22N2O2. The molecule has 1 rings (SSSR count). The van der Waals surface area contributed by atoms with E-state index in [-0.39, 0.29) is 29.7 Å². The van der Waals surface area contributed by atoms with E-state index in [4.69, 9.17) is 0 Å². The quantitative estimate of drug-likeness (QED) is 0.792. The second kappa shape index (κ2) is 5.32. The Bertz CT molecular complexity index is 274. The van der Waals surface area contributed by atoms with Crippen LogP contribution in [0.15, 0.2) is 0 Å². The summed E-state index contributed by atoms with van der Waals surface area (Å²) in [6.07, 6.45) is 0.917. The van der Waals surface area contributed by atoms with Crippen molar-refractivity contribution in [1.82, 2.24) is 10.2 Å². The van der Waals surface area contributed by atoms with Gasteiger partial charge in [0.15, 0.2) is 5.78 Å². The lowest BCUT2D eigenvalue weighted by Gasteiger charge is -2.36. The van der Waals surface area contributed by atoms with Crippen LogP contribution in [0, 0.1) is 11.8 Å². The van der Waals surface area contributed by atoms with Crippen molar-refractivity contribution in [3.63, 3.8) is 0 Å². The fourth-order valence-electron chi connectivity index (χ4n) is 2.10. The molecule has 0 saturated carbocycles. The first-order chi connectivity index (χ1) is 7.45. The lowest BCUT2D eigenvalue weighted by Crippen LogP contribution is -2.56. The largest absolute Gasteiger partial charge is 0.338 e. The molecule has 0 aromatic rings. The number of nitrogens with one attached hydrogen (secondary N) is 1. The Morgan fingerprint density at radius 2 is 1.94 bits per heavy atom. The standard InChI is InChI=1S/C12H22N2O2/c1-8(2)10(11(15)9(3)4)14-7-5-6-13-12(14)16/h8-10H,5-7H2,1-4H3,(H,13,16)/t10-/m1/s1. The molecule has 0 aromatic carbocycles. The molecule has 92 valence electrons. The van der Waals surface area contributed by atoms with Crippen molar-refractivity contribution in [1.29, 1.82) is 0 Å². The molecule has 1 aliphatic heterocycles. The van der Waals surface area contributed by atoms with Gasteiger partial charge in [-0.2, -0.15) is 0 Å². The van der Waals surface area contributed by atoms with Crippen LogP contribution in [0.5, 0.6) is 0 Å². The lowest BCUT2D eigenvalue weighted by atomic mass is 9.91. The molecule has 1 aliphatic rings. The van der Waals surface area contributed by atoms with E-state index in [9.17, 15) is 9.59 Å². The zero-order valence-corrected chi connectivity index (χ0v) is 10.6. The van der Waals surface area contributed by atoms with E-state index >= 15 is 0 Å². The monoisotopic (exact) mass is 226 g/mol. The first kappa shape index (κ1) is 13.0. The van der Waals surface area contributed by atoms with E-state index in [2.05, 4.69) is 5.32 Å². The van der Waals surface area contributed by atoms with Gasteiger partial charge in [-0.05, 0) is 12.3 Å². The van der Waals surface area contributed by atoms with E-state index < -0.39 is 0 Å². The van der Waals surface area contributed by atoms with E-state index in [0.29, 0.717) is 6.54 Å². The second-order valence-corrected chi connectivity index (χ2v) is 5.02. The van der Waals surface area contributed by atoms with Crippen LogP contribution >= 0.6 is 0 Å². The summed E-state index contributed by atoms with van der Waals surface area (Å²) < 4.78 is 0. The fraction of sp³-hybridized carbons (Fsp3) is 0.833. The van der Waals surface area contributed by atoms with Gasteiger partial charge in [-0.3, -0.25) is 4.79 Å². The third-order valence-corrected chi connectivity index (χ3v) is 2.94. The number of nitrogens with zero attached hydrogens (tertiary/aromatic N) is 1. The molecule has 1 N–H and O–H groups in total. The highest BCUT2D eigenvalue weighted by molar-refractivity contribution is 5.90. The average molecular weight is 226 g/mol. The summed E-state index contributed by atoms with van der Waals surface area (Å²) >= 11 is 0. The van der Waals surface area contributed by atoms with Crippen molar-refractivity contribution in [2.45, 2.75) is 40.2 Å². The van der Waals surface area contributed by atoms with Crippen LogP contribution in [-0.2, 0) is 4.79 Å². The third kappa shape index (κ3) is 2.74. The molecule has 1 fully saturated rings. The molecule has 0 aromatic heterocycles. The van der Waals surface area contributed by atoms with E-state index in [0.717, 1.165) is 13.0 Å². The van der Waals surface area contributed by atoms with Crippen molar-refractivity contribution >= 4 is 11.8 Å². The van der Waals surface area contributed by atoms with Gasteiger partial charge >= 0.3 is 6.03 Å². The summed E-state index contributed by atoms with van der Waals surface area (Å²) in [5.41, 5.74) is 0. The zero-order valence-electron chi connectivity index (χ0n) is 10.6. The summed E-state index contributed by atoms with van der Waals surface area (Å²) in [5.74, 6) is 0.299. The molecule has 0 spiro atoms. The molecule has 0 aliphatic carbocycles. The topological polar surface area (TPSA) is 49.4 Å². The molecule has 0 bridgehead atoms. The summed E-state index contributed by atoms with van der Waals surface area (Å²) in [5, 5.41) is 2.80. The minimum Gasteiger partial charge on any atom is -0.338 e. The molecular weight excluding hydrogens is 204 g/mol. The van der Waals surface area contributed by atoms with Gasteiger partial charge in [0.2, 0.25) is 0 Å². The average Bonchev–Trinajstić information content (AvgIpc) is 2.20. The highest BCUT2D eigenvalue weighted by Gasteiger charge is 2.34. The van der Waals surface area contributed by atoms with Gasteiger partial charge in [0.1, 0.15) is 0 Å². The molecule has 1 atom stereocenters. The van der Waals surface area contributed by atoms with Gasteiger partial charge in [0.25, 0.3) is 0 Å². The minimum absolute atomic E-state index is 0.0258. The highest BCUT2D eigenvalue weighted by Crippen LogP contribution is 2.18. The zero-order chi connectivity index (χ0) is 12.3. The second-order valence-electron chi connectivity index (χ2n) is 5.02. The van der Waals surface area contributed by atoms with Gasteiger partial charge in [-0.15, -0.1) is 0 Å². The predicted molar refractivity (Wildman–Crippen MR) is 63.2 cm³/mol. The number of ketones is 1. The first-order valence-corrected chi connectivity index (χ1v) is 6.03. The van der Waals surface area contributed by atoms with E-state index in [1.807, 2.05) is 27.7 Å². The number of hydrogen-bond donors (Lipinski definition) is 1. The highest BCUT2D eigenvalue weighted by atomic mass is 16.2. The molecule has 4 heteroatoms. The number of rotatable bonds is 4. The Hall–Kier alpha value is -1.06. The molecule has 1 heterocycles. The smallest absolute Gasteiger partial charge is 0.318 e. The maximum absolute atomic E-state index is 12.1. The van der Waals surface area contributed by atoms with Gasteiger partial charge < -0.3 is 10.2 Å². The number of Topliss-reactive ketones (excluding diaryl/α,β-unsaturated/α-hetero) is 1. The minimum atomic E-state index is -0.278. The maximum atomic E-state index is 12.1. The van der Waals surface area contributed by atoms with Crippen molar-refractivity contribution in [3.8, 4) is 0 Å². The number of urea groups is 1. The summed E-state index contributed by atoms with van der Waals surface area (Å²) in [7, 11) is 0. The molecule has 2 amide bonds. The van der Waals surface area contributed by atoms with E-state index in [1.54, 1.807) is 4.90 Å². The number of carbonyl (C=O) groups excluding carboxylic acids is 2. The molecule has 16 heavy (non-hydrogen) atoms. The van der Waals surface area contributed by atoms with Gasteiger partial charge in [-0.25, -0.2) is 4.79 Å². The maximum Gasteiger partial charge on any atom is 0.318 e.